The zero-order valence-corrected chi connectivity index (χ0v) is 8.86. The molecular weight excluding hydrogens is 209 g/mol. The molecular formula is C10H15F3O2. The summed E-state index contributed by atoms with van der Waals surface area (Å²) < 4.78 is 42.8. The Kier molecular flexibility index (Phi) is 3.43. The SMILES string of the molecule is COC1(C(F)(F)F)CCC(C(C)=O)CC1. The van der Waals surface area contributed by atoms with Gasteiger partial charge in [-0.1, -0.05) is 0 Å². The van der Waals surface area contributed by atoms with Crippen molar-refractivity contribution in [3.8, 4) is 0 Å². The fraction of sp³-hybridized carbons (Fsp3) is 0.900. The molecule has 5 heteroatoms. The quantitative estimate of drug-likeness (QED) is 0.720. The lowest BCUT2D eigenvalue weighted by molar-refractivity contribution is -0.281. The second-order valence-corrected chi connectivity index (χ2v) is 4.08. The number of rotatable bonds is 2. The van der Waals surface area contributed by atoms with Gasteiger partial charge >= 0.3 is 6.18 Å². The fourth-order valence-corrected chi connectivity index (χ4v) is 2.09. The molecule has 0 bridgehead atoms. The van der Waals surface area contributed by atoms with Crippen molar-refractivity contribution >= 4 is 5.78 Å². The van der Waals surface area contributed by atoms with Crippen LogP contribution in [0.2, 0.25) is 0 Å². The van der Waals surface area contributed by atoms with Gasteiger partial charge in [0.2, 0.25) is 0 Å². The van der Waals surface area contributed by atoms with Gasteiger partial charge in [0.25, 0.3) is 0 Å². The number of methoxy groups -OCH3 is 1. The van der Waals surface area contributed by atoms with Crippen LogP contribution in [-0.4, -0.2) is 24.7 Å². The molecule has 0 spiro atoms. The van der Waals surface area contributed by atoms with E-state index in [1.54, 1.807) is 0 Å². The molecule has 0 radical (unpaired) electrons. The molecule has 88 valence electrons. The first-order valence-corrected chi connectivity index (χ1v) is 4.95. The second-order valence-electron chi connectivity index (χ2n) is 4.08. The van der Waals surface area contributed by atoms with Gasteiger partial charge in [0.1, 0.15) is 5.78 Å². The van der Waals surface area contributed by atoms with E-state index < -0.39 is 11.8 Å². The van der Waals surface area contributed by atoms with E-state index in [-0.39, 0.29) is 37.4 Å². The minimum Gasteiger partial charge on any atom is -0.369 e. The monoisotopic (exact) mass is 224 g/mol. The van der Waals surface area contributed by atoms with Crippen molar-refractivity contribution in [1.82, 2.24) is 0 Å². The van der Waals surface area contributed by atoms with Crippen LogP contribution in [0.25, 0.3) is 0 Å². The summed E-state index contributed by atoms with van der Waals surface area (Å²) in [6.45, 7) is 1.43. The van der Waals surface area contributed by atoms with Crippen molar-refractivity contribution < 1.29 is 22.7 Å². The Morgan fingerprint density at radius 1 is 1.33 bits per heavy atom. The van der Waals surface area contributed by atoms with Crippen LogP contribution in [-0.2, 0) is 9.53 Å². The molecule has 0 N–H and O–H groups in total. The number of alkyl halides is 3. The number of carbonyl (C=O) groups excluding carboxylic acids is 1. The minimum absolute atomic E-state index is 0.0260. The minimum atomic E-state index is -4.34. The standard InChI is InChI=1S/C10H15F3O2/c1-7(14)8-3-5-9(15-2,6-4-8)10(11,12)13/h8H,3-6H2,1-2H3. The molecule has 1 saturated carbocycles. The molecule has 0 aromatic carbocycles. The Balaban J connectivity index is 2.71. The average Bonchev–Trinajstić information content (AvgIpc) is 2.16. The van der Waals surface area contributed by atoms with Crippen molar-refractivity contribution in [2.75, 3.05) is 7.11 Å². The van der Waals surface area contributed by atoms with E-state index in [4.69, 9.17) is 0 Å². The van der Waals surface area contributed by atoms with E-state index in [1.165, 1.54) is 6.92 Å². The van der Waals surface area contributed by atoms with Crippen molar-refractivity contribution in [1.29, 1.82) is 0 Å². The van der Waals surface area contributed by atoms with Crippen LogP contribution in [0.1, 0.15) is 32.6 Å². The van der Waals surface area contributed by atoms with E-state index in [2.05, 4.69) is 4.74 Å². The maximum atomic E-state index is 12.7. The van der Waals surface area contributed by atoms with Crippen molar-refractivity contribution in [3.63, 3.8) is 0 Å². The third-order valence-electron chi connectivity index (χ3n) is 3.28. The lowest BCUT2D eigenvalue weighted by Gasteiger charge is -2.39. The van der Waals surface area contributed by atoms with Crippen LogP contribution >= 0.6 is 0 Å². The van der Waals surface area contributed by atoms with Gasteiger partial charge in [0, 0.05) is 13.0 Å². The highest BCUT2D eigenvalue weighted by Gasteiger charge is 2.56. The van der Waals surface area contributed by atoms with E-state index in [1.807, 2.05) is 0 Å². The topological polar surface area (TPSA) is 26.3 Å². The van der Waals surface area contributed by atoms with Crippen LogP contribution < -0.4 is 0 Å². The van der Waals surface area contributed by atoms with Gasteiger partial charge in [-0.25, -0.2) is 0 Å². The highest BCUT2D eigenvalue weighted by molar-refractivity contribution is 5.78. The second kappa shape index (κ2) is 4.12. The molecule has 1 fully saturated rings. The number of hydrogen-bond acceptors (Lipinski definition) is 2. The third-order valence-corrected chi connectivity index (χ3v) is 3.28. The molecule has 0 aromatic heterocycles. The van der Waals surface area contributed by atoms with E-state index in [9.17, 15) is 18.0 Å². The van der Waals surface area contributed by atoms with Crippen LogP contribution in [0.15, 0.2) is 0 Å². The first-order valence-electron chi connectivity index (χ1n) is 4.95. The Morgan fingerprint density at radius 3 is 2.07 bits per heavy atom. The Hall–Kier alpha value is -0.580. The number of hydrogen-bond donors (Lipinski definition) is 0. The van der Waals surface area contributed by atoms with Gasteiger partial charge in [-0.05, 0) is 32.6 Å². The van der Waals surface area contributed by atoms with Gasteiger partial charge in [-0.2, -0.15) is 13.2 Å². The zero-order valence-electron chi connectivity index (χ0n) is 8.86. The van der Waals surface area contributed by atoms with Crippen LogP contribution in [0.5, 0.6) is 0 Å². The molecule has 0 unspecified atom stereocenters. The predicted molar refractivity (Wildman–Crippen MR) is 48.4 cm³/mol. The van der Waals surface area contributed by atoms with Gasteiger partial charge in [-0.3, -0.25) is 4.79 Å². The van der Waals surface area contributed by atoms with Crippen molar-refractivity contribution in [2.24, 2.45) is 5.92 Å². The summed E-state index contributed by atoms with van der Waals surface area (Å²) in [7, 11) is 1.08. The molecule has 0 heterocycles. The van der Waals surface area contributed by atoms with Gasteiger partial charge < -0.3 is 4.74 Å². The first-order chi connectivity index (χ1) is 6.82. The molecule has 1 aliphatic rings. The molecule has 0 aromatic rings. The highest BCUT2D eigenvalue weighted by Crippen LogP contribution is 2.45. The van der Waals surface area contributed by atoms with Crippen molar-refractivity contribution in [2.45, 2.75) is 44.4 Å². The van der Waals surface area contributed by atoms with Crippen LogP contribution in [0.3, 0.4) is 0 Å². The van der Waals surface area contributed by atoms with E-state index >= 15 is 0 Å². The van der Waals surface area contributed by atoms with E-state index in [0.29, 0.717) is 0 Å². The van der Waals surface area contributed by atoms with Crippen LogP contribution in [0.4, 0.5) is 13.2 Å². The summed E-state index contributed by atoms with van der Waals surface area (Å²) in [5, 5.41) is 0. The smallest absolute Gasteiger partial charge is 0.369 e. The summed E-state index contributed by atoms with van der Waals surface area (Å²) in [5.41, 5.74) is -2.03. The molecule has 15 heavy (non-hydrogen) atoms. The summed E-state index contributed by atoms with van der Waals surface area (Å²) in [5.74, 6) is -0.252. The first kappa shape index (κ1) is 12.5. The van der Waals surface area contributed by atoms with Crippen molar-refractivity contribution in [3.05, 3.63) is 0 Å². The van der Waals surface area contributed by atoms with E-state index in [0.717, 1.165) is 7.11 Å². The summed E-state index contributed by atoms with van der Waals surface area (Å²) in [4.78, 5) is 11.0. The Morgan fingerprint density at radius 2 is 1.80 bits per heavy atom. The van der Waals surface area contributed by atoms with Gasteiger partial charge in [0.05, 0.1) is 0 Å². The number of ketones is 1. The molecule has 0 saturated heterocycles. The molecule has 2 nitrogen and oxygen atoms in total. The van der Waals surface area contributed by atoms with Crippen LogP contribution in [0, 0.1) is 5.92 Å². The number of halogens is 3. The Labute approximate surface area is 86.8 Å². The molecule has 0 atom stereocenters. The highest BCUT2D eigenvalue weighted by atomic mass is 19.4. The maximum absolute atomic E-state index is 12.7. The lowest BCUT2D eigenvalue weighted by Crippen LogP contribution is -2.49. The average molecular weight is 224 g/mol. The zero-order chi connectivity index (χ0) is 11.7. The predicted octanol–water partition coefficient (Wildman–Crippen LogP) is 2.71. The summed E-state index contributed by atoms with van der Waals surface area (Å²) in [6, 6.07) is 0. The fourth-order valence-electron chi connectivity index (χ4n) is 2.09. The molecule has 0 aliphatic heterocycles. The van der Waals surface area contributed by atoms with Gasteiger partial charge in [0.15, 0.2) is 5.60 Å². The molecule has 1 rings (SSSR count). The number of ether oxygens (including phenoxy) is 1. The number of carbonyl (C=O) groups is 1. The molecule has 0 amide bonds. The number of Topliss-reactive ketones (excluding diaryl/α,β-unsaturated/α-hetero) is 1. The normalized spacial score (nSPS) is 32.7. The van der Waals surface area contributed by atoms with Gasteiger partial charge in [-0.15, -0.1) is 0 Å². The largest absolute Gasteiger partial charge is 0.417 e. The summed E-state index contributed by atoms with van der Waals surface area (Å²) >= 11 is 0. The summed E-state index contributed by atoms with van der Waals surface area (Å²) in [6.07, 6.45) is -4.04. The third kappa shape index (κ3) is 2.33. The Bertz CT molecular complexity index is 240. The lowest BCUT2D eigenvalue weighted by atomic mass is 9.77. The molecule has 1 aliphatic carbocycles. The maximum Gasteiger partial charge on any atom is 0.417 e.